The molecule has 3 aromatic rings. The third-order valence-electron chi connectivity index (χ3n) is 3.30. The summed E-state index contributed by atoms with van der Waals surface area (Å²) in [4.78, 5) is 4.33. The highest BCUT2D eigenvalue weighted by Crippen LogP contribution is 2.27. The molecular weight excluding hydrogens is 280 g/mol. The predicted molar refractivity (Wildman–Crippen MR) is 87.7 cm³/mol. The number of phenols is 1. The summed E-state index contributed by atoms with van der Waals surface area (Å²) in [6, 6.07) is 15.6. The maximum absolute atomic E-state index is 9.56. The van der Waals surface area contributed by atoms with Gasteiger partial charge in [-0.15, -0.1) is 11.3 Å². The van der Waals surface area contributed by atoms with E-state index in [9.17, 15) is 5.11 Å². The number of thiazole rings is 1. The molecule has 2 aromatic carbocycles. The minimum absolute atomic E-state index is 0.114. The van der Waals surface area contributed by atoms with E-state index in [1.807, 2.05) is 35.8 Å². The number of hydrogen-bond donors (Lipinski definition) is 2. The number of nitrogens with zero attached hydrogens (tertiary/aromatic N) is 1. The van der Waals surface area contributed by atoms with Gasteiger partial charge in [0.1, 0.15) is 10.8 Å². The average molecular weight is 296 g/mol. The molecule has 0 aliphatic carbocycles. The van der Waals surface area contributed by atoms with Crippen molar-refractivity contribution in [3.8, 4) is 16.3 Å². The highest BCUT2D eigenvalue weighted by Gasteiger charge is 2.07. The summed E-state index contributed by atoms with van der Waals surface area (Å²) in [5, 5.41) is 16.0. The Morgan fingerprint density at radius 2 is 2.00 bits per heavy atom. The molecule has 0 amide bonds. The Hall–Kier alpha value is -2.33. The molecule has 1 atom stereocenters. The molecule has 0 radical (unpaired) electrons. The van der Waals surface area contributed by atoms with Gasteiger partial charge in [0.05, 0.1) is 0 Å². The number of aromatic nitrogens is 1. The second kappa shape index (κ2) is 5.97. The summed E-state index contributed by atoms with van der Waals surface area (Å²) in [6.45, 7) is 2.07. The highest BCUT2D eigenvalue weighted by molar-refractivity contribution is 7.13. The van der Waals surface area contributed by atoms with Gasteiger partial charge in [0.15, 0.2) is 0 Å². The Bertz CT molecular complexity index is 725. The van der Waals surface area contributed by atoms with Crippen LogP contribution in [0.5, 0.6) is 5.75 Å². The van der Waals surface area contributed by atoms with E-state index in [0.717, 1.165) is 21.8 Å². The molecule has 0 saturated carbocycles. The van der Waals surface area contributed by atoms with Crippen molar-refractivity contribution >= 4 is 17.0 Å². The lowest BCUT2D eigenvalue weighted by molar-refractivity contribution is 0.474. The first-order valence-corrected chi connectivity index (χ1v) is 7.66. The van der Waals surface area contributed by atoms with Gasteiger partial charge in [-0.05, 0) is 36.8 Å². The van der Waals surface area contributed by atoms with Crippen molar-refractivity contribution in [2.24, 2.45) is 0 Å². The Balaban J connectivity index is 1.80. The Kier molecular flexibility index (Phi) is 3.88. The number of phenolic OH excluding ortho intramolecular Hbond substituents is 1. The lowest BCUT2D eigenvalue weighted by atomic mass is 10.1. The van der Waals surface area contributed by atoms with E-state index < -0.39 is 0 Å². The van der Waals surface area contributed by atoms with Crippen molar-refractivity contribution in [1.29, 1.82) is 0 Å². The Morgan fingerprint density at radius 3 is 2.76 bits per heavy atom. The standard InChI is InChI=1S/C17H16N2OS/c1-12(13-4-3-7-16(20)11-13)19-15-6-2-5-14(10-15)17-18-8-9-21-17/h2-12,19-20H,1H3. The van der Waals surface area contributed by atoms with Crippen molar-refractivity contribution in [1.82, 2.24) is 4.98 Å². The number of rotatable bonds is 4. The third kappa shape index (κ3) is 3.23. The van der Waals surface area contributed by atoms with Gasteiger partial charge in [-0.1, -0.05) is 24.3 Å². The zero-order chi connectivity index (χ0) is 14.7. The quantitative estimate of drug-likeness (QED) is 0.734. The number of aromatic hydroxyl groups is 1. The molecule has 2 N–H and O–H groups in total. The summed E-state index contributed by atoms with van der Waals surface area (Å²) in [5.74, 6) is 0.290. The molecule has 0 bridgehead atoms. The molecule has 1 aromatic heterocycles. The summed E-state index contributed by atoms with van der Waals surface area (Å²) < 4.78 is 0. The Morgan fingerprint density at radius 1 is 1.14 bits per heavy atom. The highest BCUT2D eigenvalue weighted by atomic mass is 32.1. The summed E-state index contributed by atoms with van der Waals surface area (Å²) in [7, 11) is 0. The van der Waals surface area contributed by atoms with Gasteiger partial charge in [0.25, 0.3) is 0 Å². The molecule has 1 unspecified atom stereocenters. The van der Waals surface area contributed by atoms with E-state index >= 15 is 0 Å². The second-order valence-electron chi connectivity index (χ2n) is 4.88. The third-order valence-corrected chi connectivity index (χ3v) is 4.12. The molecular formula is C17H16N2OS. The van der Waals surface area contributed by atoms with Gasteiger partial charge in [-0.3, -0.25) is 0 Å². The fraction of sp³-hybridized carbons (Fsp3) is 0.118. The monoisotopic (exact) mass is 296 g/mol. The van der Waals surface area contributed by atoms with Crippen LogP contribution in [0.1, 0.15) is 18.5 Å². The van der Waals surface area contributed by atoms with Crippen LogP contribution in [0.25, 0.3) is 10.6 Å². The van der Waals surface area contributed by atoms with Crippen LogP contribution >= 0.6 is 11.3 Å². The number of nitrogens with one attached hydrogen (secondary N) is 1. The van der Waals surface area contributed by atoms with E-state index in [4.69, 9.17) is 0 Å². The van der Waals surface area contributed by atoms with E-state index in [1.165, 1.54) is 0 Å². The van der Waals surface area contributed by atoms with Crippen molar-refractivity contribution in [3.63, 3.8) is 0 Å². The number of benzene rings is 2. The summed E-state index contributed by atoms with van der Waals surface area (Å²) in [6.07, 6.45) is 1.81. The second-order valence-corrected chi connectivity index (χ2v) is 5.77. The first-order chi connectivity index (χ1) is 10.2. The maximum atomic E-state index is 9.56. The van der Waals surface area contributed by atoms with E-state index in [0.29, 0.717) is 0 Å². The molecule has 0 fully saturated rings. The number of hydrogen-bond acceptors (Lipinski definition) is 4. The molecule has 21 heavy (non-hydrogen) atoms. The SMILES string of the molecule is CC(Nc1cccc(-c2nccs2)c1)c1cccc(O)c1. The zero-order valence-electron chi connectivity index (χ0n) is 11.7. The van der Waals surface area contributed by atoms with Crippen LogP contribution in [0, 0.1) is 0 Å². The first kappa shape index (κ1) is 13.6. The van der Waals surface area contributed by atoms with Crippen molar-refractivity contribution < 1.29 is 5.11 Å². The fourth-order valence-electron chi connectivity index (χ4n) is 2.24. The van der Waals surface area contributed by atoms with Crippen LogP contribution in [0.3, 0.4) is 0 Å². The average Bonchev–Trinajstić information content (AvgIpc) is 3.02. The molecule has 0 saturated heterocycles. The minimum atomic E-state index is 0.114. The van der Waals surface area contributed by atoms with Crippen molar-refractivity contribution in [3.05, 3.63) is 65.7 Å². The van der Waals surface area contributed by atoms with Crippen LogP contribution < -0.4 is 5.32 Å². The molecule has 3 nitrogen and oxygen atoms in total. The van der Waals surface area contributed by atoms with Crippen LogP contribution in [0.2, 0.25) is 0 Å². The minimum Gasteiger partial charge on any atom is -0.508 e. The first-order valence-electron chi connectivity index (χ1n) is 6.78. The largest absolute Gasteiger partial charge is 0.508 e. The fourth-order valence-corrected chi connectivity index (χ4v) is 2.87. The normalized spacial score (nSPS) is 12.0. The van der Waals surface area contributed by atoms with E-state index in [2.05, 4.69) is 29.4 Å². The van der Waals surface area contributed by atoms with Gasteiger partial charge in [-0.2, -0.15) is 0 Å². The van der Waals surface area contributed by atoms with Crippen LogP contribution in [0.15, 0.2) is 60.1 Å². The van der Waals surface area contributed by atoms with E-state index in [-0.39, 0.29) is 11.8 Å². The predicted octanol–water partition coefficient (Wildman–Crippen LogP) is 4.69. The molecule has 0 aliphatic rings. The van der Waals surface area contributed by atoms with Gasteiger partial charge < -0.3 is 10.4 Å². The lowest BCUT2D eigenvalue weighted by Gasteiger charge is -2.16. The van der Waals surface area contributed by atoms with E-state index in [1.54, 1.807) is 23.5 Å². The van der Waals surface area contributed by atoms with Crippen LogP contribution in [-0.2, 0) is 0 Å². The maximum Gasteiger partial charge on any atom is 0.123 e. The topological polar surface area (TPSA) is 45.2 Å². The van der Waals surface area contributed by atoms with Gasteiger partial charge in [0.2, 0.25) is 0 Å². The number of anilines is 1. The molecule has 106 valence electrons. The summed E-state index contributed by atoms with van der Waals surface area (Å²) in [5.41, 5.74) is 3.20. The zero-order valence-corrected chi connectivity index (χ0v) is 12.5. The molecule has 0 spiro atoms. The van der Waals surface area contributed by atoms with Gasteiger partial charge in [-0.25, -0.2) is 4.98 Å². The molecule has 3 rings (SSSR count). The van der Waals surface area contributed by atoms with Crippen molar-refractivity contribution in [2.75, 3.05) is 5.32 Å². The summed E-state index contributed by atoms with van der Waals surface area (Å²) >= 11 is 1.63. The molecule has 0 aliphatic heterocycles. The van der Waals surface area contributed by atoms with Gasteiger partial charge in [0, 0.05) is 28.9 Å². The van der Waals surface area contributed by atoms with Crippen molar-refractivity contribution in [2.45, 2.75) is 13.0 Å². The smallest absolute Gasteiger partial charge is 0.123 e. The Labute approximate surface area is 127 Å². The molecule has 4 heteroatoms. The van der Waals surface area contributed by atoms with Crippen LogP contribution in [0.4, 0.5) is 5.69 Å². The van der Waals surface area contributed by atoms with Gasteiger partial charge >= 0.3 is 0 Å². The molecule has 1 heterocycles. The van der Waals surface area contributed by atoms with Crippen LogP contribution in [-0.4, -0.2) is 10.1 Å². The lowest BCUT2D eigenvalue weighted by Crippen LogP contribution is -2.06.